The molecule has 1 saturated carbocycles. The molecule has 0 bridgehead atoms. The van der Waals surface area contributed by atoms with Gasteiger partial charge in [0, 0.05) is 48.7 Å². The lowest BCUT2D eigenvalue weighted by molar-refractivity contribution is 0.0981. The van der Waals surface area contributed by atoms with E-state index in [4.69, 9.17) is 5.73 Å². The molecule has 0 saturated heterocycles. The number of nitrogens with zero attached hydrogens (tertiary/aromatic N) is 4. The highest BCUT2D eigenvalue weighted by atomic mass is 32.2. The number of hydrogen-bond donors (Lipinski definition) is 3. The summed E-state index contributed by atoms with van der Waals surface area (Å²) in [6.45, 7) is 3.18. The van der Waals surface area contributed by atoms with Gasteiger partial charge in [-0.1, -0.05) is 49.6 Å². The number of amides is 1. The van der Waals surface area contributed by atoms with Crippen molar-refractivity contribution in [2.45, 2.75) is 51.5 Å². The van der Waals surface area contributed by atoms with Crippen molar-refractivity contribution in [2.24, 2.45) is 10.8 Å². The second kappa shape index (κ2) is 12.0. The Hall–Kier alpha value is -3.47. The summed E-state index contributed by atoms with van der Waals surface area (Å²) in [6, 6.07) is 14.3. The van der Waals surface area contributed by atoms with E-state index < -0.39 is 11.2 Å². The van der Waals surface area contributed by atoms with Crippen LogP contribution in [0.4, 0.5) is 0 Å². The average molecular weight is 562 g/mol. The Bertz CT molecular complexity index is 1500. The quantitative estimate of drug-likeness (QED) is 0.215. The van der Waals surface area contributed by atoms with Crippen LogP contribution in [0.3, 0.4) is 0 Å². The van der Waals surface area contributed by atoms with Crippen molar-refractivity contribution in [1.82, 2.24) is 24.1 Å². The maximum atomic E-state index is 13.1. The van der Waals surface area contributed by atoms with Crippen molar-refractivity contribution >= 4 is 39.9 Å². The number of aromatic nitrogens is 1. The molecule has 1 amide bonds. The van der Waals surface area contributed by atoms with Gasteiger partial charge in [0.25, 0.3) is 5.91 Å². The molecule has 1 atom stereocenters. The van der Waals surface area contributed by atoms with Gasteiger partial charge in [-0.25, -0.2) is 19.1 Å². The fourth-order valence-corrected chi connectivity index (χ4v) is 6.34. The first-order chi connectivity index (χ1) is 19.3. The first-order valence-corrected chi connectivity index (χ1v) is 15.1. The van der Waals surface area contributed by atoms with E-state index in [9.17, 15) is 9.00 Å². The van der Waals surface area contributed by atoms with Crippen LogP contribution >= 0.6 is 0 Å². The summed E-state index contributed by atoms with van der Waals surface area (Å²) in [5.41, 5.74) is 16.8. The Balaban J connectivity index is 1.73. The Labute approximate surface area is 238 Å². The molecule has 1 aliphatic carbocycles. The third-order valence-electron chi connectivity index (χ3n) is 7.88. The van der Waals surface area contributed by atoms with Crippen molar-refractivity contribution < 1.29 is 9.00 Å². The zero-order valence-corrected chi connectivity index (χ0v) is 24.6. The van der Waals surface area contributed by atoms with Crippen LogP contribution in [0.1, 0.15) is 66.4 Å². The lowest BCUT2D eigenvalue weighted by atomic mass is 9.81. The summed E-state index contributed by atoms with van der Waals surface area (Å²) in [5.74, 6) is 0.506. The molecule has 0 radical (unpaired) electrons. The van der Waals surface area contributed by atoms with E-state index in [0.717, 1.165) is 40.4 Å². The molecular formula is C30H39N7O2S. The molecule has 10 heteroatoms. The van der Waals surface area contributed by atoms with Gasteiger partial charge < -0.3 is 10.3 Å². The van der Waals surface area contributed by atoms with Gasteiger partial charge in [-0.3, -0.25) is 9.52 Å². The number of nitrogens with two attached hydrogens (primary N) is 1. The predicted molar refractivity (Wildman–Crippen MR) is 164 cm³/mol. The molecule has 1 aliphatic heterocycles. The van der Waals surface area contributed by atoms with Crippen LogP contribution < -0.4 is 15.9 Å². The molecule has 40 heavy (non-hydrogen) atoms. The first-order valence-electron chi connectivity index (χ1n) is 14.0. The number of nitrogens with one attached hydrogen (secondary N) is 2. The van der Waals surface area contributed by atoms with Crippen LogP contribution in [0.15, 0.2) is 53.1 Å². The SMILES string of the molecule is CCN(/N=C(\N)C1=Cc2ccccc2-c2c(C3CCCCC3)c3ccc(C(=O)NS(=O)N(C)C)cc3n2C1)NC. The minimum absolute atomic E-state index is 0.373. The van der Waals surface area contributed by atoms with Crippen molar-refractivity contribution in [3.8, 4) is 11.3 Å². The molecule has 1 aromatic heterocycles. The number of amidine groups is 1. The monoisotopic (exact) mass is 561 g/mol. The molecule has 4 N–H and O–H groups in total. The van der Waals surface area contributed by atoms with E-state index in [2.05, 4.69) is 56.2 Å². The van der Waals surface area contributed by atoms with Crippen LogP contribution in [-0.2, 0) is 17.7 Å². The number of hydrazone groups is 1. The van der Waals surface area contributed by atoms with Crippen molar-refractivity contribution in [3.63, 3.8) is 0 Å². The summed E-state index contributed by atoms with van der Waals surface area (Å²) in [7, 11) is 5.14. The number of carbonyl (C=O) groups excluding carboxylic acids is 1. The van der Waals surface area contributed by atoms with Crippen molar-refractivity contribution in [1.29, 1.82) is 0 Å². The number of hydrogen-bond acceptors (Lipinski definition) is 5. The molecular weight excluding hydrogens is 522 g/mol. The van der Waals surface area contributed by atoms with Gasteiger partial charge in [0.1, 0.15) is 5.84 Å². The summed E-state index contributed by atoms with van der Waals surface area (Å²) >= 11 is -1.61. The predicted octanol–water partition coefficient (Wildman–Crippen LogP) is 4.35. The molecule has 1 fully saturated rings. The fourth-order valence-electron chi connectivity index (χ4n) is 5.88. The molecule has 5 rings (SSSR count). The van der Waals surface area contributed by atoms with Crippen molar-refractivity contribution in [2.75, 3.05) is 27.7 Å². The zero-order chi connectivity index (χ0) is 28.4. The third kappa shape index (κ3) is 5.43. The van der Waals surface area contributed by atoms with Gasteiger partial charge in [-0.05, 0) is 55.0 Å². The first kappa shape index (κ1) is 28.1. The number of carbonyl (C=O) groups is 1. The van der Waals surface area contributed by atoms with Gasteiger partial charge in [-0.2, -0.15) is 0 Å². The Morgan fingerprint density at radius 3 is 2.60 bits per heavy atom. The average Bonchev–Trinajstić information content (AvgIpc) is 3.18. The topological polar surface area (TPSA) is 108 Å². The second-order valence-electron chi connectivity index (χ2n) is 10.6. The Morgan fingerprint density at radius 2 is 1.90 bits per heavy atom. The summed E-state index contributed by atoms with van der Waals surface area (Å²) in [5, 5.41) is 7.50. The maximum Gasteiger partial charge on any atom is 0.264 e. The largest absolute Gasteiger partial charge is 0.382 e. The molecule has 2 heterocycles. The molecule has 1 unspecified atom stereocenters. The second-order valence-corrected chi connectivity index (χ2v) is 12.0. The number of fused-ring (bicyclic) bond motifs is 5. The third-order valence-corrected chi connectivity index (χ3v) is 8.90. The Morgan fingerprint density at radius 1 is 1.15 bits per heavy atom. The van der Waals surface area contributed by atoms with Gasteiger partial charge in [0.2, 0.25) is 0 Å². The van der Waals surface area contributed by atoms with Crippen LogP contribution in [0.25, 0.3) is 28.2 Å². The molecule has 2 aliphatic rings. The number of benzene rings is 2. The maximum absolute atomic E-state index is 13.1. The minimum atomic E-state index is -1.61. The van der Waals surface area contributed by atoms with Crippen molar-refractivity contribution in [3.05, 3.63) is 64.7 Å². The molecule has 9 nitrogen and oxygen atoms in total. The highest BCUT2D eigenvalue weighted by molar-refractivity contribution is 7.81. The van der Waals surface area contributed by atoms with Gasteiger partial charge in [0.15, 0.2) is 11.2 Å². The number of rotatable bonds is 8. The van der Waals surface area contributed by atoms with Crippen LogP contribution in [0, 0.1) is 0 Å². The van der Waals surface area contributed by atoms with Crippen LogP contribution in [0.2, 0.25) is 0 Å². The molecule has 0 spiro atoms. The van der Waals surface area contributed by atoms with E-state index in [-0.39, 0.29) is 5.91 Å². The van der Waals surface area contributed by atoms with Crippen LogP contribution in [-0.4, -0.2) is 57.6 Å². The van der Waals surface area contributed by atoms with E-state index in [1.807, 2.05) is 26.1 Å². The standard InChI is InChI=1S/C30H39N7O2S/c1-5-37(32-2)33-29(31)23-17-21-13-9-10-14-24(21)28-27(20-11-7-6-8-12-20)25-16-15-22(18-26(25)36(28)19-23)30(38)34-40(39)35(3)4/h9-10,13-18,20,32H,5-8,11-12,19H2,1-4H3,(H2,31,33)(H,34,38). The van der Waals surface area contributed by atoms with E-state index in [1.54, 1.807) is 19.2 Å². The van der Waals surface area contributed by atoms with E-state index in [1.165, 1.54) is 34.8 Å². The molecule has 2 aromatic carbocycles. The smallest absolute Gasteiger partial charge is 0.264 e. The summed E-state index contributed by atoms with van der Waals surface area (Å²) in [6.07, 6.45) is 8.14. The molecule has 212 valence electrons. The lowest BCUT2D eigenvalue weighted by Crippen LogP contribution is -2.34. The van der Waals surface area contributed by atoms with E-state index >= 15 is 0 Å². The highest BCUT2D eigenvalue weighted by Crippen LogP contribution is 2.46. The minimum Gasteiger partial charge on any atom is -0.382 e. The van der Waals surface area contributed by atoms with Crippen LogP contribution in [0.5, 0.6) is 0 Å². The lowest BCUT2D eigenvalue weighted by Gasteiger charge is -2.24. The van der Waals surface area contributed by atoms with E-state index in [0.29, 0.717) is 30.4 Å². The van der Waals surface area contributed by atoms with Gasteiger partial charge in [-0.15, -0.1) is 5.10 Å². The summed E-state index contributed by atoms with van der Waals surface area (Å²) in [4.78, 5) is 13.1. The van der Waals surface area contributed by atoms with Gasteiger partial charge in [0.05, 0.1) is 18.8 Å². The number of hydrazine groups is 1. The van der Waals surface area contributed by atoms with Gasteiger partial charge >= 0.3 is 0 Å². The zero-order valence-electron chi connectivity index (χ0n) is 23.7. The fraction of sp³-hybridized carbons (Fsp3) is 0.400. The molecule has 3 aromatic rings. The summed E-state index contributed by atoms with van der Waals surface area (Å²) < 4.78 is 18.7. The highest BCUT2D eigenvalue weighted by Gasteiger charge is 2.30. The normalized spacial score (nSPS) is 16.7. The Kier molecular flexibility index (Phi) is 8.39.